The van der Waals surface area contributed by atoms with Crippen LogP contribution >= 0.6 is 11.6 Å². The average Bonchev–Trinajstić information content (AvgIpc) is 2.81. The zero-order chi connectivity index (χ0) is 23.7. The number of carbonyl (C=O) groups is 1. The lowest BCUT2D eigenvalue weighted by Crippen LogP contribution is -2.16. The molecule has 0 aliphatic heterocycles. The Morgan fingerprint density at radius 2 is 1.64 bits per heavy atom. The van der Waals surface area contributed by atoms with Crippen molar-refractivity contribution >= 4 is 28.5 Å². The normalized spacial score (nSPS) is 10.8. The molecule has 0 fully saturated rings. The van der Waals surface area contributed by atoms with Crippen LogP contribution in [0.1, 0.15) is 21.5 Å². The second-order valence-electron chi connectivity index (χ2n) is 7.49. The lowest BCUT2D eigenvalue weighted by atomic mass is 10.0. The zero-order valence-corrected chi connectivity index (χ0v) is 19.3. The second kappa shape index (κ2) is 9.00. The Hall–Kier alpha value is -3.77. The summed E-state index contributed by atoms with van der Waals surface area (Å²) in [5.41, 5.74) is 2.50. The van der Waals surface area contributed by atoms with Crippen molar-refractivity contribution in [3.63, 3.8) is 0 Å². The molecule has 0 aliphatic rings. The third-order valence-electron chi connectivity index (χ3n) is 5.37. The molecule has 0 saturated carbocycles. The third-order valence-corrected chi connectivity index (χ3v) is 5.60. The molecule has 0 saturated heterocycles. The van der Waals surface area contributed by atoms with Crippen molar-refractivity contribution in [2.45, 2.75) is 13.8 Å². The predicted octanol–water partition coefficient (Wildman–Crippen LogP) is 5.97. The van der Waals surface area contributed by atoms with Gasteiger partial charge in [-0.05, 0) is 73.5 Å². The molecule has 0 bridgehead atoms. The minimum Gasteiger partial charge on any atom is -0.493 e. The minimum atomic E-state index is -0.727. The van der Waals surface area contributed by atoms with Crippen LogP contribution in [0.3, 0.4) is 0 Å². The molecular weight excluding hydrogens is 444 g/mol. The third kappa shape index (κ3) is 4.30. The zero-order valence-electron chi connectivity index (χ0n) is 18.5. The summed E-state index contributed by atoms with van der Waals surface area (Å²) in [5, 5.41) is 0.692. The lowest BCUT2D eigenvalue weighted by Gasteiger charge is -2.13. The molecule has 1 heterocycles. The van der Waals surface area contributed by atoms with Crippen LogP contribution in [0.2, 0.25) is 5.02 Å². The molecule has 0 aliphatic carbocycles. The van der Waals surface area contributed by atoms with Crippen molar-refractivity contribution < 1.29 is 23.4 Å². The highest BCUT2D eigenvalue weighted by molar-refractivity contribution is 6.30. The van der Waals surface area contributed by atoms with Crippen LogP contribution in [0.5, 0.6) is 17.2 Å². The second-order valence-corrected chi connectivity index (χ2v) is 7.93. The van der Waals surface area contributed by atoms with Gasteiger partial charge < -0.3 is 18.6 Å². The van der Waals surface area contributed by atoms with Gasteiger partial charge in [-0.3, -0.25) is 4.79 Å². The molecule has 168 valence electrons. The maximum atomic E-state index is 13.5. The maximum Gasteiger partial charge on any atom is 0.343 e. The minimum absolute atomic E-state index is 0.104. The number of rotatable bonds is 5. The number of hydrogen-bond donors (Lipinski definition) is 0. The molecule has 7 heteroatoms. The van der Waals surface area contributed by atoms with Crippen LogP contribution in [0.4, 0.5) is 0 Å². The van der Waals surface area contributed by atoms with E-state index < -0.39 is 11.4 Å². The van der Waals surface area contributed by atoms with Gasteiger partial charge in [-0.15, -0.1) is 0 Å². The summed E-state index contributed by atoms with van der Waals surface area (Å²) >= 11 is 6.01. The Morgan fingerprint density at radius 3 is 2.33 bits per heavy atom. The highest BCUT2D eigenvalue weighted by atomic mass is 35.5. The summed E-state index contributed by atoms with van der Waals surface area (Å²) in [6, 6.07) is 14.8. The fourth-order valence-corrected chi connectivity index (χ4v) is 3.65. The number of esters is 1. The van der Waals surface area contributed by atoms with E-state index in [0.29, 0.717) is 33.1 Å². The number of hydrogen-bond acceptors (Lipinski definition) is 6. The van der Waals surface area contributed by atoms with Gasteiger partial charge in [0.25, 0.3) is 0 Å². The van der Waals surface area contributed by atoms with Gasteiger partial charge in [-0.2, -0.15) is 0 Å². The van der Waals surface area contributed by atoms with Crippen molar-refractivity contribution in [3.05, 3.63) is 86.5 Å². The van der Waals surface area contributed by atoms with E-state index in [-0.39, 0.29) is 17.1 Å². The van der Waals surface area contributed by atoms with E-state index in [0.717, 1.165) is 11.1 Å². The molecule has 0 spiro atoms. The largest absolute Gasteiger partial charge is 0.493 e. The van der Waals surface area contributed by atoms with Crippen molar-refractivity contribution in [2.75, 3.05) is 14.2 Å². The number of aryl methyl sites for hydroxylation is 2. The number of benzene rings is 3. The molecule has 0 atom stereocenters. The van der Waals surface area contributed by atoms with Gasteiger partial charge in [0.1, 0.15) is 5.58 Å². The molecule has 0 amide bonds. The summed E-state index contributed by atoms with van der Waals surface area (Å²) in [6.45, 7) is 3.83. The smallest absolute Gasteiger partial charge is 0.343 e. The summed E-state index contributed by atoms with van der Waals surface area (Å²) in [6.07, 6.45) is 0. The maximum absolute atomic E-state index is 13.5. The van der Waals surface area contributed by atoms with Crippen molar-refractivity contribution in [3.8, 4) is 28.6 Å². The first-order chi connectivity index (χ1) is 15.8. The van der Waals surface area contributed by atoms with Crippen LogP contribution in [0, 0.1) is 13.8 Å². The van der Waals surface area contributed by atoms with Gasteiger partial charge in [0.05, 0.1) is 25.2 Å². The number of carbonyl (C=O) groups excluding carboxylic acids is 1. The number of halogens is 1. The molecule has 0 unspecified atom stereocenters. The Bertz CT molecular complexity index is 1440. The first-order valence-electron chi connectivity index (χ1n) is 10.1. The predicted molar refractivity (Wildman–Crippen MR) is 127 cm³/mol. The van der Waals surface area contributed by atoms with Gasteiger partial charge in [-0.1, -0.05) is 17.7 Å². The molecule has 1 aromatic heterocycles. The van der Waals surface area contributed by atoms with Gasteiger partial charge >= 0.3 is 5.97 Å². The standard InChI is InChI=1S/C26H21ClO6/c1-14-10-19-21(11-15(14)2)32-24(16-8-9-20(30-3)22(13-16)31-4)25(23(19)28)33-26(29)17-6-5-7-18(27)12-17/h5-13H,1-4H3. The van der Waals surface area contributed by atoms with Crippen molar-refractivity contribution in [1.82, 2.24) is 0 Å². The Balaban J connectivity index is 1.95. The average molecular weight is 465 g/mol. The summed E-state index contributed by atoms with van der Waals surface area (Å²) in [7, 11) is 3.03. The Morgan fingerprint density at radius 1 is 0.909 bits per heavy atom. The Kier molecular flexibility index (Phi) is 6.11. The molecule has 3 aromatic carbocycles. The van der Waals surface area contributed by atoms with Gasteiger partial charge in [0, 0.05) is 10.6 Å². The summed E-state index contributed by atoms with van der Waals surface area (Å²) in [4.78, 5) is 26.4. The lowest BCUT2D eigenvalue weighted by molar-refractivity contribution is 0.0731. The summed E-state index contributed by atoms with van der Waals surface area (Å²) in [5.74, 6) is 0.100. The fourth-order valence-electron chi connectivity index (χ4n) is 3.46. The van der Waals surface area contributed by atoms with E-state index >= 15 is 0 Å². The molecule has 4 rings (SSSR count). The van der Waals surface area contributed by atoms with Crippen LogP contribution in [-0.2, 0) is 0 Å². The molecule has 33 heavy (non-hydrogen) atoms. The topological polar surface area (TPSA) is 75.0 Å². The SMILES string of the molecule is COc1ccc(-c2oc3cc(C)c(C)cc3c(=O)c2OC(=O)c2cccc(Cl)c2)cc1OC. The van der Waals surface area contributed by atoms with Gasteiger partial charge in [0.2, 0.25) is 11.2 Å². The monoisotopic (exact) mass is 464 g/mol. The quantitative estimate of drug-likeness (QED) is 0.339. The molecular formula is C26H21ClO6. The van der Waals surface area contributed by atoms with E-state index in [2.05, 4.69) is 0 Å². The van der Waals surface area contributed by atoms with Gasteiger partial charge in [0.15, 0.2) is 17.3 Å². The highest BCUT2D eigenvalue weighted by Crippen LogP contribution is 2.37. The molecule has 6 nitrogen and oxygen atoms in total. The van der Waals surface area contributed by atoms with Crippen LogP contribution in [0.25, 0.3) is 22.3 Å². The van der Waals surface area contributed by atoms with Gasteiger partial charge in [-0.25, -0.2) is 4.79 Å². The molecule has 0 N–H and O–H groups in total. The first kappa shape index (κ1) is 22.4. The van der Waals surface area contributed by atoms with E-state index in [9.17, 15) is 9.59 Å². The fraction of sp³-hybridized carbons (Fsp3) is 0.154. The van der Waals surface area contributed by atoms with Crippen LogP contribution in [-0.4, -0.2) is 20.2 Å². The number of fused-ring (bicyclic) bond motifs is 1. The number of methoxy groups -OCH3 is 2. The first-order valence-corrected chi connectivity index (χ1v) is 10.5. The van der Waals surface area contributed by atoms with E-state index in [1.807, 2.05) is 13.8 Å². The van der Waals surface area contributed by atoms with Crippen molar-refractivity contribution in [1.29, 1.82) is 0 Å². The van der Waals surface area contributed by atoms with Crippen molar-refractivity contribution in [2.24, 2.45) is 0 Å². The van der Waals surface area contributed by atoms with Crippen LogP contribution in [0.15, 0.2) is 63.8 Å². The highest BCUT2D eigenvalue weighted by Gasteiger charge is 2.23. The number of ether oxygens (including phenoxy) is 3. The van der Waals surface area contributed by atoms with Crippen LogP contribution < -0.4 is 19.6 Å². The molecule has 0 radical (unpaired) electrons. The summed E-state index contributed by atoms with van der Waals surface area (Å²) < 4.78 is 22.4. The Labute approximate surface area is 195 Å². The van der Waals surface area contributed by atoms with E-state index in [4.69, 9.17) is 30.2 Å². The van der Waals surface area contributed by atoms with E-state index in [1.54, 1.807) is 48.5 Å². The van der Waals surface area contributed by atoms with E-state index in [1.165, 1.54) is 20.3 Å². The molecule has 4 aromatic rings.